The summed E-state index contributed by atoms with van der Waals surface area (Å²) in [5.74, 6) is -0.586. The molecule has 1 heterocycles. The Morgan fingerprint density at radius 3 is 2.31 bits per heavy atom. The van der Waals surface area contributed by atoms with Crippen LogP contribution in [0.1, 0.15) is 6.92 Å². The van der Waals surface area contributed by atoms with Crippen LogP contribution in [0.3, 0.4) is 0 Å². The van der Waals surface area contributed by atoms with E-state index in [1.165, 1.54) is 12.1 Å². The lowest BCUT2D eigenvalue weighted by atomic mass is 9.88. The quantitative estimate of drug-likeness (QED) is 0.722. The molecule has 1 saturated heterocycles. The van der Waals surface area contributed by atoms with Crippen molar-refractivity contribution in [1.82, 2.24) is 5.32 Å². The van der Waals surface area contributed by atoms with Crippen molar-refractivity contribution in [2.75, 3.05) is 23.1 Å². The Morgan fingerprint density at radius 1 is 1.12 bits per heavy atom. The van der Waals surface area contributed by atoms with Crippen LogP contribution in [0, 0.1) is 17.7 Å². The molecule has 0 saturated carbocycles. The van der Waals surface area contributed by atoms with Crippen LogP contribution in [-0.4, -0.2) is 27.4 Å². The van der Waals surface area contributed by atoms with E-state index in [9.17, 15) is 17.6 Å². The van der Waals surface area contributed by atoms with E-state index in [4.69, 9.17) is 0 Å². The highest BCUT2D eigenvalue weighted by molar-refractivity contribution is 7.92. The fourth-order valence-electron chi connectivity index (χ4n) is 2.62. The molecule has 0 aliphatic carbocycles. The predicted molar refractivity (Wildman–Crippen MR) is 97.8 cm³/mol. The van der Waals surface area contributed by atoms with E-state index < -0.39 is 15.8 Å². The van der Waals surface area contributed by atoms with Crippen LogP contribution >= 0.6 is 0 Å². The minimum absolute atomic E-state index is 0.0612. The fourth-order valence-corrected chi connectivity index (χ4v) is 3.70. The molecule has 26 heavy (non-hydrogen) atoms. The van der Waals surface area contributed by atoms with Crippen molar-refractivity contribution in [2.45, 2.75) is 11.8 Å². The Bertz CT molecular complexity index is 896. The molecular formula is C18H20FN3O3S. The smallest absolute Gasteiger partial charge is 0.261 e. The number of benzene rings is 2. The van der Waals surface area contributed by atoms with Gasteiger partial charge in [-0.1, -0.05) is 19.1 Å². The van der Waals surface area contributed by atoms with Crippen LogP contribution in [0.4, 0.5) is 15.8 Å². The minimum Gasteiger partial charge on any atom is -0.324 e. The van der Waals surface area contributed by atoms with E-state index in [1.54, 1.807) is 24.3 Å². The highest BCUT2D eigenvalue weighted by Crippen LogP contribution is 2.26. The van der Waals surface area contributed by atoms with Crippen molar-refractivity contribution in [3.8, 4) is 0 Å². The number of rotatable bonds is 6. The molecule has 3 N–H and O–H groups in total. The van der Waals surface area contributed by atoms with Crippen LogP contribution in [0.5, 0.6) is 0 Å². The molecular weight excluding hydrogens is 357 g/mol. The van der Waals surface area contributed by atoms with Crippen LogP contribution in [0.2, 0.25) is 0 Å². The molecule has 138 valence electrons. The first-order valence-corrected chi connectivity index (χ1v) is 9.74. The van der Waals surface area contributed by atoms with Crippen LogP contribution in [0.25, 0.3) is 0 Å². The van der Waals surface area contributed by atoms with Gasteiger partial charge in [-0.3, -0.25) is 9.52 Å². The summed E-state index contributed by atoms with van der Waals surface area (Å²) >= 11 is 0. The van der Waals surface area contributed by atoms with Gasteiger partial charge in [0.1, 0.15) is 5.82 Å². The molecule has 1 fully saturated rings. The van der Waals surface area contributed by atoms with Crippen molar-refractivity contribution >= 4 is 27.3 Å². The molecule has 3 rings (SSSR count). The Kier molecular flexibility index (Phi) is 5.24. The van der Waals surface area contributed by atoms with E-state index in [-0.39, 0.29) is 28.3 Å². The van der Waals surface area contributed by atoms with Gasteiger partial charge in [-0.25, -0.2) is 12.8 Å². The Hall–Kier alpha value is -2.45. The number of anilines is 2. The number of halogens is 1. The third kappa shape index (κ3) is 4.03. The SMILES string of the molecule is CC(C(=O)Nc1ccccc1NS(=O)(=O)c1ccc(F)cc1)C1CNC1. The van der Waals surface area contributed by atoms with Crippen molar-refractivity contribution in [1.29, 1.82) is 0 Å². The van der Waals surface area contributed by atoms with Crippen molar-refractivity contribution in [3.05, 3.63) is 54.3 Å². The zero-order chi connectivity index (χ0) is 18.7. The summed E-state index contributed by atoms with van der Waals surface area (Å²) in [7, 11) is -3.90. The van der Waals surface area contributed by atoms with Gasteiger partial charge in [0.25, 0.3) is 10.0 Å². The summed E-state index contributed by atoms with van der Waals surface area (Å²) in [6.07, 6.45) is 0. The van der Waals surface area contributed by atoms with Gasteiger partial charge in [-0.15, -0.1) is 0 Å². The Morgan fingerprint density at radius 2 is 1.73 bits per heavy atom. The molecule has 0 bridgehead atoms. The van der Waals surface area contributed by atoms with E-state index in [0.717, 1.165) is 25.2 Å². The van der Waals surface area contributed by atoms with Gasteiger partial charge in [-0.2, -0.15) is 0 Å². The van der Waals surface area contributed by atoms with E-state index in [1.807, 2.05) is 6.92 Å². The van der Waals surface area contributed by atoms with Crippen LogP contribution in [-0.2, 0) is 14.8 Å². The third-order valence-corrected chi connectivity index (χ3v) is 5.87. The second-order valence-electron chi connectivity index (χ2n) is 6.30. The van der Waals surface area contributed by atoms with Gasteiger partial charge in [0, 0.05) is 5.92 Å². The zero-order valence-corrected chi connectivity index (χ0v) is 15.0. The highest BCUT2D eigenvalue weighted by Gasteiger charge is 2.29. The molecule has 2 aromatic carbocycles. The first kappa shape index (κ1) is 18.3. The largest absolute Gasteiger partial charge is 0.324 e. The molecule has 1 unspecified atom stereocenters. The van der Waals surface area contributed by atoms with Gasteiger partial charge in [0.2, 0.25) is 5.91 Å². The topological polar surface area (TPSA) is 87.3 Å². The van der Waals surface area contributed by atoms with Gasteiger partial charge >= 0.3 is 0 Å². The van der Waals surface area contributed by atoms with Gasteiger partial charge in [0.05, 0.1) is 16.3 Å². The number of hydrogen-bond acceptors (Lipinski definition) is 4. The molecule has 2 aromatic rings. The maximum atomic E-state index is 13.0. The molecule has 1 atom stereocenters. The first-order valence-electron chi connectivity index (χ1n) is 8.26. The minimum atomic E-state index is -3.90. The molecule has 1 amide bonds. The van der Waals surface area contributed by atoms with E-state index in [2.05, 4.69) is 15.4 Å². The first-order chi connectivity index (χ1) is 12.4. The summed E-state index contributed by atoms with van der Waals surface area (Å²) in [6.45, 7) is 3.45. The van der Waals surface area contributed by atoms with Crippen molar-refractivity contribution in [2.24, 2.45) is 11.8 Å². The van der Waals surface area contributed by atoms with Crippen LogP contribution < -0.4 is 15.4 Å². The van der Waals surface area contributed by atoms with Gasteiger partial charge in [0.15, 0.2) is 0 Å². The average Bonchev–Trinajstić information content (AvgIpc) is 2.55. The predicted octanol–water partition coefficient (Wildman–Crippen LogP) is 2.42. The number of amides is 1. The van der Waals surface area contributed by atoms with Crippen molar-refractivity contribution in [3.63, 3.8) is 0 Å². The average molecular weight is 377 g/mol. The lowest BCUT2D eigenvalue weighted by molar-refractivity contribution is -0.121. The fraction of sp³-hybridized carbons (Fsp3) is 0.278. The Labute approximate surface area is 151 Å². The lowest BCUT2D eigenvalue weighted by Crippen LogP contribution is -2.48. The van der Waals surface area contributed by atoms with Crippen LogP contribution in [0.15, 0.2) is 53.4 Å². The summed E-state index contributed by atoms with van der Waals surface area (Å²) in [5, 5.41) is 5.92. The van der Waals surface area contributed by atoms with E-state index in [0.29, 0.717) is 5.69 Å². The monoisotopic (exact) mass is 377 g/mol. The molecule has 0 radical (unpaired) electrons. The number of carbonyl (C=O) groups excluding carboxylic acids is 1. The number of nitrogens with one attached hydrogen (secondary N) is 3. The molecule has 1 aliphatic rings. The Balaban J connectivity index is 1.78. The maximum Gasteiger partial charge on any atom is 0.261 e. The second kappa shape index (κ2) is 7.43. The number of carbonyl (C=O) groups is 1. The summed E-state index contributed by atoms with van der Waals surface area (Å²) < 4.78 is 40.5. The van der Waals surface area contributed by atoms with Gasteiger partial charge < -0.3 is 10.6 Å². The lowest BCUT2D eigenvalue weighted by Gasteiger charge is -2.31. The summed E-state index contributed by atoms with van der Waals surface area (Å²) in [4.78, 5) is 12.4. The molecule has 8 heteroatoms. The summed E-state index contributed by atoms with van der Waals surface area (Å²) in [5.41, 5.74) is 0.631. The van der Waals surface area contributed by atoms with Crippen molar-refractivity contribution < 1.29 is 17.6 Å². The molecule has 0 aromatic heterocycles. The van der Waals surface area contributed by atoms with Gasteiger partial charge in [-0.05, 0) is 55.4 Å². The summed E-state index contributed by atoms with van der Waals surface area (Å²) in [6, 6.07) is 11.1. The maximum absolute atomic E-state index is 13.0. The number of para-hydroxylation sites is 2. The standard InChI is InChI=1S/C18H20FN3O3S/c1-12(13-10-20-11-13)18(23)21-16-4-2-3-5-17(16)22-26(24,25)15-8-6-14(19)7-9-15/h2-9,12-13,20,22H,10-11H2,1H3,(H,21,23). The normalized spacial score (nSPS) is 15.8. The number of sulfonamides is 1. The molecule has 0 spiro atoms. The van der Waals surface area contributed by atoms with E-state index >= 15 is 0 Å². The second-order valence-corrected chi connectivity index (χ2v) is 7.98. The molecule has 6 nitrogen and oxygen atoms in total. The highest BCUT2D eigenvalue weighted by atomic mass is 32.2. The molecule has 1 aliphatic heterocycles. The zero-order valence-electron chi connectivity index (χ0n) is 14.2. The number of hydrogen-bond donors (Lipinski definition) is 3. The third-order valence-electron chi connectivity index (χ3n) is 4.49.